The second-order valence-electron chi connectivity index (χ2n) is 26.3. The lowest BCUT2D eigenvalue weighted by atomic mass is 9.90. The number of allylic oxidation sites excluding steroid dienone is 6. The number of para-hydroxylation sites is 1. The van der Waals surface area contributed by atoms with Crippen LogP contribution in [0.5, 0.6) is 0 Å². The fourth-order valence-corrected chi connectivity index (χ4v) is 16.2. The van der Waals surface area contributed by atoms with Crippen LogP contribution in [0.15, 0.2) is 331 Å². The van der Waals surface area contributed by atoms with Crippen molar-refractivity contribution in [2.45, 2.75) is 13.0 Å². The average Bonchev–Trinajstić information content (AvgIpc) is 1.42. The number of aryl methyl sites for hydroxylation is 1. The van der Waals surface area contributed by atoms with Gasteiger partial charge < -0.3 is 28.4 Å². The first-order valence-corrected chi connectivity index (χ1v) is 33.9. The SMILES string of the molecule is Cc1ccc2c(c1)=C1C=CC=CC1N(c1ccc3oc4c(cc(N(c5ccc6ccccc6c5)c5cc6ccccc6c6ccccc56)c5cc(N6C=CC=CC6)c6cc(N7C=CC=C(c8ccccc8)C7)c7oc8c(-c9ccccc9-c9ccccc9)cccc8c7c6c54)c3c1)C=2. The predicted molar refractivity (Wildman–Crippen MR) is 413 cm³/mol. The van der Waals surface area contributed by atoms with Crippen LogP contribution in [0, 0.1) is 6.92 Å². The number of fused-ring (bicyclic) bond motifs is 17. The van der Waals surface area contributed by atoms with Crippen LogP contribution in [0.2, 0.25) is 0 Å². The molecule has 98 heavy (non-hydrogen) atoms. The average molecular weight is 1260 g/mol. The molecule has 0 N–H and O–H groups in total. The first-order chi connectivity index (χ1) is 48.5. The highest BCUT2D eigenvalue weighted by atomic mass is 16.3. The first-order valence-electron chi connectivity index (χ1n) is 33.9. The normalized spacial score (nSPS) is 15.1. The van der Waals surface area contributed by atoms with Gasteiger partial charge in [-0.15, -0.1) is 0 Å². The Bertz CT molecular complexity index is 6420. The maximum absolute atomic E-state index is 7.88. The van der Waals surface area contributed by atoms with E-state index < -0.39 is 0 Å². The van der Waals surface area contributed by atoms with Crippen molar-refractivity contribution in [3.63, 3.8) is 0 Å². The van der Waals surface area contributed by atoms with E-state index >= 15 is 0 Å². The second kappa shape index (κ2) is 22.2. The molecule has 2 aromatic heterocycles. The Balaban J connectivity index is 0.965. The number of rotatable bonds is 9. The van der Waals surface area contributed by atoms with Gasteiger partial charge in [-0.1, -0.05) is 248 Å². The zero-order chi connectivity index (χ0) is 64.5. The molecular formula is C92H62N4O2. The number of anilines is 6. The lowest BCUT2D eigenvalue weighted by molar-refractivity contribution is 0.669. The molecule has 0 saturated carbocycles. The number of nitrogens with zero attached hydrogens (tertiary/aromatic N) is 4. The highest BCUT2D eigenvalue weighted by Crippen LogP contribution is 2.55. The van der Waals surface area contributed by atoms with Crippen LogP contribution in [-0.2, 0) is 0 Å². The van der Waals surface area contributed by atoms with Crippen molar-refractivity contribution in [1.29, 1.82) is 0 Å². The Kier molecular flexibility index (Phi) is 12.7. The third-order valence-corrected chi connectivity index (χ3v) is 20.7. The molecule has 0 radical (unpaired) electrons. The summed E-state index contributed by atoms with van der Waals surface area (Å²) < 4.78 is 15.6. The lowest BCUT2D eigenvalue weighted by Crippen LogP contribution is -2.44. The number of hydrogen-bond donors (Lipinski definition) is 0. The molecule has 0 amide bonds. The molecule has 5 heterocycles. The van der Waals surface area contributed by atoms with E-state index in [4.69, 9.17) is 8.83 Å². The lowest BCUT2D eigenvalue weighted by Gasteiger charge is -2.33. The first kappa shape index (κ1) is 55.8. The van der Waals surface area contributed by atoms with Gasteiger partial charge in [0.1, 0.15) is 16.7 Å². The number of benzene rings is 14. The molecule has 20 rings (SSSR count). The van der Waals surface area contributed by atoms with Crippen LogP contribution in [0.25, 0.3) is 137 Å². The summed E-state index contributed by atoms with van der Waals surface area (Å²) in [6.45, 7) is 3.48. The van der Waals surface area contributed by atoms with Crippen molar-refractivity contribution in [3.8, 4) is 22.3 Å². The van der Waals surface area contributed by atoms with E-state index in [1.165, 1.54) is 48.9 Å². The van der Waals surface area contributed by atoms with E-state index in [9.17, 15) is 0 Å². The van der Waals surface area contributed by atoms with Crippen LogP contribution < -0.4 is 30.0 Å². The Morgan fingerprint density at radius 2 is 1.15 bits per heavy atom. The summed E-state index contributed by atoms with van der Waals surface area (Å²) >= 11 is 0. The molecular weight excluding hydrogens is 1190 g/mol. The largest absolute Gasteiger partial charge is 0.455 e. The van der Waals surface area contributed by atoms with Gasteiger partial charge in [-0.25, -0.2) is 0 Å². The maximum atomic E-state index is 7.88. The van der Waals surface area contributed by atoms with Crippen molar-refractivity contribution in [2.75, 3.05) is 32.7 Å². The molecule has 0 bridgehead atoms. The molecule has 0 saturated heterocycles. The van der Waals surface area contributed by atoms with Crippen molar-refractivity contribution in [1.82, 2.24) is 0 Å². The molecule has 6 nitrogen and oxygen atoms in total. The van der Waals surface area contributed by atoms with Gasteiger partial charge in [0, 0.05) is 103 Å². The van der Waals surface area contributed by atoms with Crippen LogP contribution in [-0.4, -0.2) is 19.1 Å². The summed E-state index contributed by atoms with van der Waals surface area (Å²) in [5.41, 5.74) is 18.8. The fraction of sp³-hybridized carbons (Fsp3) is 0.0435. The molecule has 462 valence electrons. The molecule has 0 spiro atoms. The topological polar surface area (TPSA) is 39.2 Å². The summed E-state index contributed by atoms with van der Waals surface area (Å²) in [7, 11) is 0. The highest BCUT2D eigenvalue weighted by molar-refractivity contribution is 6.38. The van der Waals surface area contributed by atoms with Gasteiger partial charge in [0.05, 0.1) is 23.1 Å². The third-order valence-electron chi connectivity index (χ3n) is 20.7. The van der Waals surface area contributed by atoms with E-state index in [0.717, 1.165) is 138 Å². The molecule has 1 atom stereocenters. The van der Waals surface area contributed by atoms with Gasteiger partial charge in [-0.05, 0) is 144 Å². The van der Waals surface area contributed by atoms with E-state index in [0.29, 0.717) is 13.1 Å². The van der Waals surface area contributed by atoms with Crippen molar-refractivity contribution >= 4 is 149 Å². The Labute approximate surface area is 566 Å². The standard InChI is InChI=1S/C92H62N4O2/c1-58-40-41-65-57-95(81-39-18-17-36-73(81)76(65)49-58)66-44-45-86-77(52-66)78-53-84(96(67-43-42-60-25-9-10-28-62(60)50-67)83-51-63-29-11-12-32-69(63)70-33-15-16-35-72(70)83)80-54-82(93-46-19-4-20-47-93)79-55-85(94-48-22-30-64(56-94)59-23-5-2-6-24-59)92-88(87(79)89(80)91(78)97-86)75-38-21-37-74(90(75)98-92)71-34-14-13-31-68(71)61-26-7-3-8-27-61/h2-46,48-55,57,81H,47,56H2,1H3. The molecule has 0 fully saturated rings. The van der Waals surface area contributed by atoms with E-state index in [-0.39, 0.29) is 6.04 Å². The highest BCUT2D eigenvalue weighted by Gasteiger charge is 2.32. The molecule has 4 aliphatic rings. The maximum Gasteiger partial charge on any atom is 0.159 e. The Morgan fingerprint density at radius 1 is 0.429 bits per heavy atom. The predicted octanol–water partition coefficient (Wildman–Crippen LogP) is 22.6. The zero-order valence-corrected chi connectivity index (χ0v) is 53.8. The molecule has 16 aromatic rings. The van der Waals surface area contributed by atoms with E-state index in [2.05, 4.69) is 355 Å². The molecule has 14 aromatic carbocycles. The number of furan rings is 2. The summed E-state index contributed by atoms with van der Waals surface area (Å²) in [5.74, 6) is 0. The fourth-order valence-electron chi connectivity index (χ4n) is 16.2. The van der Waals surface area contributed by atoms with E-state index in [1.54, 1.807) is 0 Å². The van der Waals surface area contributed by atoms with Gasteiger partial charge in [0.25, 0.3) is 0 Å². The third kappa shape index (κ3) is 8.81. The molecule has 3 aliphatic heterocycles. The van der Waals surface area contributed by atoms with Crippen LogP contribution in [0.3, 0.4) is 0 Å². The summed E-state index contributed by atoms with van der Waals surface area (Å²) in [5, 5.41) is 17.7. The minimum absolute atomic E-state index is 0.0117. The molecule has 1 aliphatic carbocycles. The Morgan fingerprint density at radius 3 is 2.01 bits per heavy atom. The van der Waals surface area contributed by atoms with Crippen LogP contribution >= 0.6 is 0 Å². The van der Waals surface area contributed by atoms with Crippen molar-refractivity contribution < 1.29 is 8.83 Å². The quantitative estimate of drug-likeness (QED) is 0.134. The summed E-state index contributed by atoms with van der Waals surface area (Å²) in [6, 6.07) is 93.9. The van der Waals surface area contributed by atoms with Gasteiger partial charge in [-0.2, -0.15) is 0 Å². The van der Waals surface area contributed by atoms with Crippen LogP contribution in [0.1, 0.15) is 11.1 Å². The van der Waals surface area contributed by atoms with Crippen molar-refractivity contribution in [2.24, 2.45) is 0 Å². The smallest absolute Gasteiger partial charge is 0.159 e. The van der Waals surface area contributed by atoms with Gasteiger partial charge in [0.2, 0.25) is 0 Å². The second-order valence-corrected chi connectivity index (χ2v) is 26.3. The van der Waals surface area contributed by atoms with E-state index in [1.807, 2.05) is 0 Å². The minimum atomic E-state index is -0.0117. The number of hydrogen-bond acceptors (Lipinski definition) is 6. The summed E-state index contributed by atoms with van der Waals surface area (Å²) in [4.78, 5) is 9.81. The van der Waals surface area contributed by atoms with Crippen molar-refractivity contribution in [3.05, 3.63) is 343 Å². The van der Waals surface area contributed by atoms with Gasteiger partial charge in [-0.3, -0.25) is 0 Å². The zero-order valence-electron chi connectivity index (χ0n) is 53.8. The summed E-state index contributed by atoms with van der Waals surface area (Å²) in [6.07, 6.45) is 26.8. The molecule has 1 unspecified atom stereocenters. The minimum Gasteiger partial charge on any atom is -0.455 e. The van der Waals surface area contributed by atoms with Gasteiger partial charge in [0.15, 0.2) is 5.58 Å². The monoisotopic (exact) mass is 1250 g/mol. The Hall–Kier alpha value is -12.6. The van der Waals surface area contributed by atoms with Crippen LogP contribution in [0.4, 0.5) is 34.1 Å². The van der Waals surface area contributed by atoms with Gasteiger partial charge >= 0.3 is 0 Å². The molecule has 6 heteroatoms.